The molecule has 2 unspecified atom stereocenters. The van der Waals surface area contributed by atoms with Crippen LogP contribution in [0.15, 0.2) is 40.9 Å². The smallest absolute Gasteiger partial charge is 0.227 e. The van der Waals surface area contributed by atoms with Gasteiger partial charge in [-0.25, -0.2) is 4.98 Å². The first-order valence-corrected chi connectivity index (χ1v) is 11.9. The Balaban J connectivity index is 1.91. The zero-order valence-electron chi connectivity index (χ0n) is 16.2. The highest BCUT2D eigenvalue weighted by Crippen LogP contribution is 2.37. The lowest BCUT2D eigenvalue weighted by atomic mass is 10.1. The maximum Gasteiger partial charge on any atom is 0.227 e. The van der Waals surface area contributed by atoms with Crippen molar-refractivity contribution in [2.24, 2.45) is 0 Å². The molecule has 4 nitrogen and oxygen atoms in total. The van der Waals surface area contributed by atoms with Gasteiger partial charge in [-0.15, -0.1) is 0 Å². The van der Waals surface area contributed by atoms with E-state index in [4.69, 9.17) is 8.84 Å². The Morgan fingerprint density at radius 3 is 2.44 bits per heavy atom. The van der Waals surface area contributed by atoms with Crippen molar-refractivity contribution >= 4 is 8.32 Å². The van der Waals surface area contributed by atoms with Gasteiger partial charge >= 0.3 is 0 Å². The molecule has 2 aromatic rings. The molecule has 0 saturated heterocycles. The normalized spacial score (nSPS) is 15.2. The molecule has 0 aliphatic rings. The van der Waals surface area contributed by atoms with Crippen LogP contribution >= 0.6 is 0 Å². The van der Waals surface area contributed by atoms with E-state index in [0.717, 1.165) is 24.2 Å². The molecule has 0 aliphatic heterocycles. The number of nitrogens with zero attached hydrogens (tertiary/aromatic N) is 1. The first kappa shape index (κ1) is 19.9. The van der Waals surface area contributed by atoms with Crippen LogP contribution in [0.1, 0.15) is 57.4 Å². The Bertz CT molecular complexity index is 661. The highest BCUT2D eigenvalue weighted by Gasteiger charge is 2.38. The second kappa shape index (κ2) is 7.85. The topological polar surface area (TPSA) is 55.5 Å². The molecule has 2 rings (SSSR count). The van der Waals surface area contributed by atoms with Gasteiger partial charge in [0.15, 0.2) is 14.4 Å². The summed E-state index contributed by atoms with van der Waals surface area (Å²) in [6.45, 7) is 13.4. The Kier molecular flexibility index (Phi) is 6.24. The molecule has 0 aliphatic carbocycles. The zero-order chi connectivity index (χ0) is 18.7. The summed E-state index contributed by atoms with van der Waals surface area (Å²) in [6.07, 6.45) is 2.69. The zero-order valence-corrected chi connectivity index (χ0v) is 17.2. The molecule has 1 heterocycles. The van der Waals surface area contributed by atoms with Gasteiger partial charge in [0, 0.05) is 12.5 Å². The highest BCUT2D eigenvalue weighted by molar-refractivity contribution is 6.74. The largest absolute Gasteiger partial charge is 0.443 e. The third-order valence-electron chi connectivity index (χ3n) is 5.02. The first-order chi connectivity index (χ1) is 11.6. The average Bonchev–Trinajstić information content (AvgIpc) is 3.00. The molecule has 138 valence electrons. The maximum atomic E-state index is 10.3. The summed E-state index contributed by atoms with van der Waals surface area (Å²) in [6, 6.07) is 9.43. The van der Waals surface area contributed by atoms with Crippen LogP contribution in [-0.4, -0.2) is 24.5 Å². The van der Waals surface area contributed by atoms with Gasteiger partial charge in [-0.05, 0) is 37.0 Å². The molecule has 1 N–H and O–H groups in total. The Hall–Kier alpha value is -1.43. The molecule has 0 fully saturated rings. The van der Waals surface area contributed by atoms with Gasteiger partial charge in [0.2, 0.25) is 5.89 Å². The van der Waals surface area contributed by atoms with Crippen LogP contribution in [0.25, 0.3) is 0 Å². The summed E-state index contributed by atoms with van der Waals surface area (Å²) in [4.78, 5) is 4.24. The molecule has 25 heavy (non-hydrogen) atoms. The van der Waals surface area contributed by atoms with Crippen LogP contribution < -0.4 is 0 Å². The van der Waals surface area contributed by atoms with Crippen LogP contribution in [0, 0.1) is 0 Å². The van der Waals surface area contributed by atoms with Crippen molar-refractivity contribution < 1.29 is 13.9 Å². The molecule has 0 amide bonds. The number of oxazole rings is 1. The van der Waals surface area contributed by atoms with E-state index >= 15 is 0 Å². The van der Waals surface area contributed by atoms with Crippen molar-refractivity contribution in [3.05, 3.63) is 53.7 Å². The Labute approximate surface area is 152 Å². The lowest BCUT2D eigenvalue weighted by Gasteiger charge is -2.38. The lowest BCUT2D eigenvalue weighted by Crippen LogP contribution is -2.43. The molecule has 5 heteroatoms. The standard InChI is InChI=1S/C20H31NO3Si/c1-15(24-25(5,6)20(2,3)4)12-13-17-14-21-19(23-17)18(22)16-10-8-7-9-11-16/h7-11,14-15,18,22H,12-13H2,1-6H3. The SMILES string of the molecule is CC(CCc1cnc(C(O)c2ccccc2)o1)O[Si](C)(C)C(C)(C)C. The summed E-state index contributed by atoms with van der Waals surface area (Å²) in [5.74, 6) is 1.13. The summed E-state index contributed by atoms with van der Waals surface area (Å²) in [5, 5.41) is 10.6. The molecule has 0 saturated carbocycles. The number of benzene rings is 1. The van der Waals surface area contributed by atoms with E-state index in [1.165, 1.54) is 0 Å². The van der Waals surface area contributed by atoms with Crippen molar-refractivity contribution in [2.45, 2.75) is 70.9 Å². The van der Waals surface area contributed by atoms with Crippen LogP contribution in [0.2, 0.25) is 18.1 Å². The molecule has 0 bridgehead atoms. The molecular weight excluding hydrogens is 330 g/mol. The van der Waals surface area contributed by atoms with E-state index in [9.17, 15) is 5.11 Å². The number of hydrogen-bond acceptors (Lipinski definition) is 4. The quantitative estimate of drug-likeness (QED) is 0.697. The fraction of sp³-hybridized carbons (Fsp3) is 0.550. The molecule has 2 atom stereocenters. The van der Waals surface area contributed by atoms with E-state index in [-0.39, 0.29) is 11.1 Å². The summed E-state index contributed by atoms with van der Waals surface area (Å²) in [7, 11) is -1.75. The molecule has 1 aromatic heterocycles. The fourth-order valence-electron chi connectivity index (χ4n) is 2.43. The van der Waals surface area contributed by atoms with E-state index in [1.54, 1.807) is 6.20 Å². The van der Waals surface area contributed by atoms with Crippen molar-refractivity contribution in [1.82, 2.24) is 4.98 Å². The van der Waals surface area contributed by atoms with Gasteiger partial charge in [0.05, 0.1) is 6.20 Å². The number of aryl methyl sites for hydroxylation is 1. The number of aromatic nitrogens is 1. The second-order valence-electron chi connectivity index (χ2n) is 8.21. The number of aliphatic hydroxyl groups is 1. The fourth-order valence-corrected chi connectivity index (χ4v) is 3.90. The highest BCUT2D eigenvalue weighted by atomic mass is 28.4. The minimum atomic E-state index is -1.75. The Morgan fingerprint density at radius 2 is 1.84 bits per heavy atom. The van der Waals surface area contributed by atoms with Gasteiger partial charge in [-0.1, -0.05) is 51.1 Å². The van der Waals surface area contributed by atoms with Crippen LogP contribution in [0.3, 0.4) is 0 Å². The monoisotopic (exact) mass is 361 g/mol. The molecular formula is C20H31NO3Si. The maximum absolute atomic E-state index is 10.3. The summed E-state index contributed by atoms with van der Waals surface area (Å²) < 4.78 is 12.1. The lowest BCUT2D eigenvalue weighted by molar-refractivity contribution is 0.174. The predicted octanol–water partition coefficient (Wildman–Crippen LogP) is 5.10. The van der Waals surface area contributed by atoms with E-state index in [1.807, 2.05) is 30.3 Å². The van der Waals surface area contributed by atoms with Crippen LogP contribution in [0.5, 0.6) is 0 Å². The van der Waals surface area contributed by atoms with Gasteiger partial charge in [-0.3, -0.25) is 0 Å². The molecule has 1 aromatic carbocycles. The average molecular weight is 362 g/mol. The number of aliphatic hydroxyl groups excluding tert-OH is 1. The third-order valence-corrected chi connectivity index (χ3v) is 9.62. The van der Waals surface area contributed by atoms with Crippen molar-refractivity contribution in [3.63, 3.8) is 0 Å². The summed E-state index contributed by atoms with van der Waals surface area (Å²) in [5.41, 5.74) is 0.783. The minimum absolute atomic E-state index is 0.175. The minimum Gasteiger partial charge on any atom is -0.443 e. The van der Waals surface area contributed by atoms with E-state index < -0.39 is 14.4 Å². The van der Waals surface area contributed by atoms with Crippen molar-refractivity contribution in [1.29, 1.82) is 0 Å². The van der Waals surface area contributed by atoms with Gasteiger partial charge < -0.3 is 13.9 Å². The number of hydrogen-bond donors (Lipinski definition) is 1. The summed E-state index contributed by atoms with van der Waals surface area (Å²) >= 11 is 0. The van der Waals surface area contributed by atoms with Gasteiger partial charge in [0.1, 0.15) is 5.76 Å². The van der Waals surface area contributed by atoms with Crippen molar-refractivity contribution in [3.8, 4) is 0 Å². The van der Waals surface area contributed by atoms with Crippen molar-refractivity contribution in [2.75, 3.05) is 0 Å². The first-order valence-electron chi connectivity index (χ1n) is 8.95. The Morgan fingerprint density at radius 1 is 1.20 bits per heavy atom. The van der Waals surface area contributed by atoms with E-state index in [0.29, 0.717) is 5.89 Å². The van der Waals surface area contributed by atoms with E-state index in [2.05, 4.69) is 45.8 Å². The molecule has 0 spiro atoms. The van der Waals surface area contributed by atoms with Crippen LogP contribution in [-0.2, 0) is 10.8 Å². The predicted molar refractivity (Wildman–Crippen MR) is 103 cm³/mol. The van der Waals surface area contributed by atoms with Crippen LogP contribution in [0.4, 0.5) is 0 Å². The van der Waals surface area contributed by atoms with Gasteiger partial charge in [-0.2, -0.15) is 0 Å². The third kappa shape index (κ3) is 5.27. The number of rotatable bonds is 7. The molecule has 0 radical (unpaired) electrons. The second-order valence-corrected chi connectivity index (χ2v) is 13.0. The van der Waals surface area contributed by atoms with Gasteiger partial charge in [0.25, 0.3) is 0 Å².